The largest absolute Gasteiger partial charge is 0.494 e. The number of rotatable bonds is 10. The van der Waals surface area contributed by atoms with Crippen LogP contribution in [-0.2, 0) is 15.9 Å². The number of carbonyl (C=O) groups excluding carboxylic acids is 1. The van der Waals surface area contributed by atoms with Crippen LogP contribution in [0, 0.1) is 0 Å². The highest BCUT2D eigenvalue weighted by molar-refractivity contribution is 5.68. The lowest BCUT2D eigenvalue weighted by Crippen LogP contribution is -2.43. The van der Waals surface area contributed by atoms with Gasteiger partial charge in [0, 0.05) is 0 Å². The number of hydrogen-bond acceptors (Lipinski definition) is 4. The molecule has 0 spiro atoms. The van der Waals surface area contributed by atoms with Gasteiger partial charge in [-0.1, -0.05) is 38.3 Å². The second-order valence-electron chi connectivity index (χ2n) is 7.89. The minimum atomic E-state index is -0.509. The molecule has 0 saturated carbocycles. The summed E-state index contributed by atoms with van der Waals surface area (Å²) in [6, 6.07) is 7.98. The van der Waals surface area contributed by atoms with Crippen molar-refractivity contribution in [2.24, 2.45) is 0 Å². The van der Waals surface area contributed by atoms with Gasteiger partial charge in [0.05, 0.1) is 19.3 Å². The maximum atomic E-state index is 12.1. The summed E-state index contributed by atoms with van der Waals surface area (Å²) in [6.07, 6.45) is 5.11. The zero-order valence-electron chi connectivity index (χ0n) is 16.5. The number of hydrogen-bond donors (Lipinski definition) is 1. The molecule has 0 aliphatic carbocycles. The van der Waals surface area contributed by atoms with E-state index in [4.69, 9.17) is 14.2 Å². The molecule has 2 atom stereocenters. The average Bonchev–Trinajstić information content (AvgIpc) is 3.37. The first-order chi connectivity index (χ1) is 12.4. The van der Waals surface area contributed by atoms with Gasteiger partial charge in [-0.2, -0.15) is 0 Å². The topological polar surface area (TPSA) is 60.1 Å². The van der Waals surface area contributed by atoms with E-state index in [2.05, 4.69) is 18.3 Å². The SMILES string of the molecule is CCCCCCOc1cccc(C[C@H](NC(=O)OC(C)(C)C)[C@H]2CO2)c1. The summed E-state index contributed by atoms with van der Waals surface area (Å²) in [5.74, 6) is 0.881. The third kappa shape index (κ3) is 8.09. The van der Waals surface area contributed by atoms with Crippen LogP contribution in [0.15, 0.2) is 24.3 Å². The molecule has 2 rings (SSSR count). The van der Waals surface area contributed by atoms with E-state index in [1.807, 2.05) is 39.0 Å². The maximum Gasteiger partial charge on any atom is 0.407 e. The molecule has 0 aromatic heterocycles. The molecule has 0 unspecified atom stereocenters. The molecule has 1 heterocycles. The summed E-state index contributed by atoms with van der Waals surface area (Å²) >= 11 is 0. The van der Waals surface area contributed by atoms with E-state index >= 15 is 0 Å². The van der Waals surface area contributed by atoms with Crippen LogP contribution in [-0.4, -0.2) is 37.1 Å². The third-order valence-corrected chi connectivity index (χ3v) is 4.13. The van der Waals surface area contributed by atoms with Gasteiger partial charge in [0.1, 0.15) is 17.5 Å². The van der Waals surface area contributed by atoms with Gasteiger partial charge in [-0.25, -0.2) is 4.79 Å². The molecule has 1 fully saturated rings. The molecular weight excluding hydrogens is 330 g/mol. The first-order valence-electron chi connectivity index (χ1n) is 9.70. The Morgan fingerprint density at radius 3 is 2.73 bits per heavy atom. The Bertz CT molecular complexity index is 563. The molecule has 146 valence electrons. The normalized spacial score (nSPS) is 17.5. The Morgan fingerprint density at radius 2 is 2.08 bits per heavy atom. The molecule has 1 aliphatic rings. The molecule has 0 bridgehead atoms. The molecule has 1 aromatic carbocycles. The molecule has 1 aromatic rings. The zero-order chi connectivity index (χ0) is 19.0. The van der Waals surface area contributed by atoms with Crippen LogP contribution in [0.5, 0.6) is 5.75 Å². The van der Waals surface area contributed by atoms with Crippen LogP contribution in [0.1, 0.15) is 58.9 Å². The molecule has 26 heavy (non-hydrogen) atoms. The third-order valence-electron chi connectivity index (χ3n) is 4.13. The van der Waals surface area contributed by atoms with Gasteiger partial charge in [0.25, 0.3) is 0 Å². The second-order valence-corrected chi connectivity index (χ2v) is 7.89. The van der Waals surface area contributed by atoms with E-state index in [1.165, 1.54) is 19.3 Å². The van der Waals surface area contributed by atoms with Gasteiger partial charge >= 0.3 is 6.09 Å². The molecule has 5 heteroatoms. The monoisotopic (exact) mass is 363 g/mol. The van der Waals surface area contributed by atoms with Gasteiger partial charge in [0.2, 0.25) is 0 Å². The predicted molar refractivity (Wildman–Crippen MR) is 103 cm³/mol. The van der Waals surface area contributed by atoms with Crippen molar-refractivity contribution >= 4 is 6.09 Å². The van der Waals surface area contributed by atoms with E-state index in [-0.39, 0.29) is 12.1 Å². The highest BCUT2D eigenvalue weighted by Crippen LogP contribution is 2.21. The van der Waals surface area contributed by atoms with Gasteiger partial charge in [-0.3, -0.25) is 0 Å². The van der Waals surface area contributed by atoms with Crippen molar-refractivity contribution < 1.29 is 19.0 Å². The molecule has 1 amide bonds. The molecular formula is C21H33NO4. The van der Waals surface area contributed by atoms with Crippen LogP contribution >= 0.6 is 0 Å². The average molecular weight is 363 g/mol. The molecule has 0 radical (unpaired) electrons. The standard InChI is InChI=1S/C21H33NO4/c1-5-6-7-8-12-24-17-11-9-10-16(13-17)14-18(19-15-25-19)22-20(23)26-21(2,3)4/h9-11,13,18-19H,5-8,12,14-15H2,1-4H3,(H,22,23)/t18-,19+/m0/s1. The van der Waals surface area contributed by atoms with Crippen molar-refractivity contribution in [2.75, 3.05) is 13.2 Å². The van der Waals surface area contributed by atoms with E-state index in [0.29, 0.717) is 13.0 Å². The number of carbonyl (C=O) groups is 1. The van der Waals surface area contributed by atoms with Crippen molar-refractivity contribution in [3.8, 4) is 5.75 Å². The molecule has 1 aliphatic heterocycles. The summed E-state index contributed by atoms with van der Waals surface area (Å²) in [4.78, 5) is 12.1. The molecule has 1 saturated heterocycles. The highest BCUT2D eigenvalue weighted by Gasteiger charge is 2.35. The number of epoxide rings is 1. The summed E-state index contributed by atoms with van der Waals surface area (Å²) in [7, 11) is 0. The smallest absolute Gasteiger partial charge is 0.407 e. The zero-order valence-corrected chi connectivity index (χ0v) is 16.5. The Hall–Kier alpha value is -1.75. The minimum absolute atomic E-state index is 0.0566. The fraction of sp³-hybridized carbons (Fsp3) is 0.667. The van der Waals surface area contributed by atoms with Crippen molar-refractivity contribution in [3.63, 3.8) is 0 Å². The van der Waals surface area contributed by atoms with E-state index < -0.39 is 11.7 Å². The van der Waals surface area contributed by atoms with Gasteiger partial charge in [-0.15, -0.1) is 0 Å². The number of ether oxygens (including phenoxy) is 3. The van der Waals surface area contributed by atoms with Gasteiger partial charge in [0.15, 0.2) is 0 Å². The summed E-state index contributed by atoms with van der Waals surface area (Å²) in [6.45, 7) is 9.20. The number of amides is 1. The second kappa shape index (κ2) is 9.81. The van der Waals surface area contributed by atoms with E-state index in [0.717, 1.165) is 24.3 Å². The van der Waals surface area contributed by atoms with Crippen LogP contribution in [0.3, 0.4) is 0 Å². The summed E-state index contributed by atoms with van der Waals surface area (Å²) in [5, 5.41) is 2.94. The molecule has 1 N–H and O–H groups in total. The number of alkyl carbamates (subject to hydrolysis) is 1. The first kappa shape index (κ1) is 20.6. The maximum absolute atomic E-state index is 12.1. The number of benzene rings is 1. The first-order valence-corrected chi connectivity index (χ1v) is 9.70. The van der Waals surface area contributed by atoms with E-state index in [1.54, 1.807) is 0 Å². The van der Waals surface area contributed by atoms with Crippen molar-refractivity contribution in [1.82, 2.24) is 5.32 Å². The highest BCUT2D eigenvalue weighted by atomic mass is 16.6. The predicted octanol–water partition coefficient (Wildman–Crippen LogP) is 4.48. The number of unbranched alkanes of at least 4 members (excludes halogenated alkanes) is 3. The summed E-state index contributed by atoms with van der Waals surface area (Å²) < 4.78 is 16.6. The lowest BCUT2D eigenvalue weighted by Gasteiger charge is -2.23. The lowest BCUT2D eigenvalue weighted by molar-refractivity contribution is 0.0495. The Labute approximate surface area is 157 Å². The Kier molecular flexibility index (Phi) is 7.76. The Balaban J connectivity index is 1.86. The van der Waals surface area contributed by atoms with Crippen molar-refractivity contribution in [3.05, 3.63) is 29.8 Å². The van der Waals surface area contributed by atoms with Crippen LogP contribution < -0.4 is 10.1 Å². The molecule has 5 nitrogen and oxygen atoms in total. The van der Waals surface area contributed by atoms with Crippen molar-refractivity contribution in [2.45, 2.75) is 77.5 Å². The summed E-state index contributed by atoms with van der Waals surface area (Å²) in [5.41, 5.74) is 0.609. The quantitative estimate of drug-likeness (QED) is 0.492. The van der Waals surface area contributed by atoms with Crippen LogP contribution in [0.4, 0.5) is 4.79 Å². The fourth-order valence-electron chi connectivity index (χ4n) is 2.76. The lowest BCUT2D eigenvalue weighted by atomic mass is 10.0. The van der Waals surface area contributed by atoms with Gasteiger partial charge < -0.3 is 19.5 Å². The Morgan fingerprint density at radius 1 is 1.31 bits per heavy atom. The van der Waals surface area contributed by atoms with Crippen LogP contribution in [0.2, 0.25) is 0 Å². The van der Waals surface area contributed by atoms with E-state index in [9.17, 15) is 4.79 Å². The minimum Gasteiger partial charge on any atom is -0.494 e. The fourth-order valence-corrected chi connectivity index (χ4v) is 2.76. The van der Waals surface area contributed by atoms with Crippen LogP contribution in [0.25, 0.3) is 0 Å². The van der Waals surface area contributed by atoms with Crippen molar-refractivity contribution in [1.29, 1.82) is 0 Å². The number of nitrogens with one attached hydrogen (secondary N) is 1. The van der Waals surface area contributed by atoms with Gasteiger partial charge in [-0.05, 0) is 51.3 Å².